The lowest BCUT2D eigenvalue weighted by Crippen LogP contribution is -2.12. The Hall–Kier alpha value is -2.00. The highest BCUT2D eigenvalue weighted by atomic mass is 16.5. The Balaban J connectivity index is 1.82. The van der Waals surface area contributed by atoms with Crippen molar-refractivity contribution in [1.29, 1.82) is 0 Å². The SMILES string of the molecule is CC(C)(C)c1ccc(OCCOc2ccccc2CN)cc1. The molecule has 0 heterocycles. The molecule has 0 radical (unpaired) electrons. The predicted octanol–water partition coefficient (Wildman–Crippen LogP) is 3.90. The van der Waals surface area contributed by atoms with Crippen LogP contribution in [0.2, 0.25) is 0 Å². The zero-order valence-electron chi connectivity index (χ0n) is 13.6. The quantitative estimate of drug-likeness (QED) is 0.823. The number of hydrogen-bond donors (Lipinski definition) is 1. The van der Waals surface area contributed by atoms with Gasteiger partial charge >= 0.3 is 0 Å². The molecule has 0 unspecified atom stereocenters. The lowest BCUT2D eigenvalue weighted by Gasteiger charge is -2.19. The molecule has 0 aliphatic heterocycles. The van der Waals surface area contributed by atoms with Crippen molar-refractivity contribution in [1.82, 2.24) is 0 Å². The first kappa shape index (κ1) is 16.4. The van der Waals surface area contributed by atoms with Crippen LogP contribution in [0.5, 0.6) is 11.5 Å². The minimum absolute atomic E-state index is 0.160. The largest absolute Gasteiger partial charge is 0.490 e. The fraction of sp³-hybridized carbons (Fsp3) is 0.368. The van der Waals surface area contributed by atoms with Gasteiger partial charge in [-0.1, -0.05) is 51.1 Å². The second kappa shape index (κ2) is 7.32. The van der Waals surface area contributed by atoms with Crippen molar-refractivity contribution in [2.75, 3.05) is 13.2 Å². The summed E-state index contributed by atoms with van der Waals surface area (Å²) in [5, 5.41) is 0. The van der Waals surface area contributed by atoms with Crippen LogP contribution >= 0.6 is 0 Å². The maximum atomic E-state index is 5.72. The van der Waals surface area contributed by atoms with E-state index in [1.54, 1.807) is 0 Å². The molecule has 118 valence electrons. The van der Waals surface area contributed by atoms with Gasteiger partial charge in [-0.3, -0.25) is 0 Å². The molecule has 0 amide bonds. The highest BCUT2D eigenvalue weighted by molar-refractivity contribution is 5.33. The van der Waals surface area contributed by atoms with Gasteiger partial charge in [0.15, 0.2) is 0 Å². The number of hydrogen-bond acceptors (Lipinski definition) is 3. The molecule has 0 saturated heterocycles. The molecule has 2 aromatic carbocycles. The van der Waals surface area contributed by atoms with Gasteiger partial charge in [0.1, 0.15) is 24.7 Å². The average Bonchev–Trinajstić information content (AvgIpc) is 2.51. The monoisotopic (exact) mass is 299 g/mol. The van der Waals surface area contributed by atoms with Crippen LogP contribution in [0.3, 0.4) is 0 Å². The van der Waals surface area contributed by atoms with E-state index in [9.17, 15) is 0 Å². The summed E-state index contributed by atoms with van der Waals surface area (Å²) in [6.07, 6.45) is 0. The molecule has 2 N–H and O–H groups in total. The second-order valence-corrected chi connectivity index (χ2v) is 6.28. The Morgan fingerprint density at radius 2 is 1.50 bits per heavy atom. The molecule has 0 atom stereocenters. The molecule has 22 heavy (non-hydrogen) atoms. The van der Waals surface area contributed by atoms with Crippen molar-refractivity contribution >= 4 is 0 Å². The zero-order valence-corrected chi connectivity index (χ0v) is 13.6. The van der Waals surface area contributed by atoms with E-state index < -0.39 is 0 Å². The molecule has 3 nitrogen and oxygen atoms in total. The van der Waals surface area contributed by atoms with Crippen LogP contribution in [-0.2, 0) is 12.0 Å². The number of para-hydroxylation sites is 1. The first-order valence-electron chi connectivity index (χ1n) is 7.65. The molecule has 0 fully saturated rings. The maximum absolute atomic E-state index is 5.72. The smallest absolute Gasteiger partial charge is 0.123 e. The van der Waals surface area contributed by atoms with E-state index in [-0.39, 0.29) is 5.41 Å². The number of rotatable bonds is 6. The van der Waals surface area contributed by atoms with E-state index in [2.05, 4.69) is 32.9 Å². The molecular weight excluding hydrogens is 274 g/mol. The van der Waals surface area contributed by atoms with E-state index in [0.717, 1.165) is 17.1 Å². The van der Waals surface area contributed by atoms with E-state index in [0.29, 0.717) is 19.8 Å². The molecule has 0 aliphatic carbocycles. The average molecular weight is 299 g/mol. The fourth-order valence-electron chi connectivity index (χ4n) is 2.18. The molecule has 0 saturated carbocycles. The van der Waals surface area contributed by atoms with Crippen molar-refractivity contribution < 1.29 is 9.47 Å². The number of nitrogens with two attached hydrogens (primary N) is 1. The topological polar surface area (TPSA) is 44.5 Å². The summed E-state index contributed by atoms with van der Waals surface area (Å²) in [6.45, 7) is 8.08. The molecule has 3 heteroatoms. The Labute approximate surface area is 133 Å². The van der Waals surface area contributed by atoms with Gasteiger partial charge in [0.2, 0.25) is 0 Å². The number of ether oxygens (including phenoxy) is 2. The van der Waals surface area contributed by atoms with Gasteiger partial charge in [0.05, 0.1) is 0 Å². The Morgan fingerprint density at radius 1 is 0.864 bits per heavy atom. The van der Waals surface area contributed by atoms with Gasteiger partial charge in [0.25, 0.3) is 0 Å². The summed E-state index contributed by atoms with van der Waals surface area (Å²) in [4.78, 5) is 0. The van der Waals surface area contributed by atoms with E-state index in [1.807, 2.05) is 36.4 Å². The minimum atomic E-state index is 0.160. The van der Waals surface area contributed by atoms with Crippen molar-refractivity contribution in [3.8, 4) is 11.5 Å². The summed E-state index contributed by atoms with van der Waals surface area (Å²) in [5.41, 5.74) is 8.15. The van der Waals surface area contributed by atoms with Crippen molar-refractivity contribution in [3.63, 3.8) is 0 Å². The van der Waals surface area contributed by atoms with Gasteiger partial charge in [-0.2, -0.15) is 0 Å². The van der Waals surface area contributed by atoms with Crippen LogP contribution in [-0.4, -0.2) is 13.2 Å². The minimum Gasteiger partial charge on any atom is -0.490 e. The summed E-state index contributed by atoms with van der Waals surface area (Å²) in [5.74, 6) is 1.69. The van der Waals surface area contributed by atoms with Gasteiger partial charge < -0.3 is 15.2 Å². The predicted molar refractivity (Wildman–Crippen MR) is 90.5 cm³/mol. The first-order valence-corrected chi connectivity index (χ1v) is 7.65. The van der Waals surface area contributed by atoms with E-state index in [1.165, 1.54) is 5.56 Å². The van der Waals surface area contributed by atoms with Gasteiger partial charge in [-0.15, -0.1) is 0 Å². The van der Waals surface area contributed by atoms with Crippen LogP contribution in [0.25, 0.3) is 0 Å². The highest BCUT2D eigenvalue weighted by Gasteiger charge is 2.12. The lowest BCUT2D eigenvalue weighted by molar-refractivity contribution is 0.216. The summed E-state index contributed by atoms with van der Waals surface area (Å²) in [7, 11) is 0. The van der Waals surface area contributed by atoms with Crippen molar-refractivity contribution in [3.05, 3.63) is 59.7 Å². The third-order valence-corrected chi connectivity index (χ3v) is 3.52. The van der Waals surface area contributed by atoms with Gasteiger partial charge in [0, 0.05) is 12.1 Å². The molecule has 2 rings (SSSR count). The second-order valence-electron chi connectivity index (χ2n) is 6.28. The maximum Gasteiger partial charge on any atom is 0.123 e. The van der Waals surface area contributed by atoms with E-state index >= 15 is 0 Å². The fourth-order valence-corrected chi connectivity index (χ4v) is 2.18. The van der Waals surface area contributed by atoms with Gasteiger partial charge in [-0.05, 0) is 29.2 Å². The highest BCUT2D eigenvalue weighted by Crippen LogP contribution is 2.24. The van der Waals surface area contributed by atoms with Crippen LogP contribution in [0.4, 0.5) is 0 Å². The van der Waals surface area contributed by atoms with E-state index in [4.69, 9.17) is 15.2 Å². The van der Waals surface area contributed by atoms with Crippen molar-refractivity contribution in [2.45, 2.75) is 32.7 Å². The van der Waals surface area contributed by atoms with Gasteiger partial charge in [-0.25, -0.2) is 0 Å². The number of benzene rings is 2. The van der Waals surface area contributed by atoms with Crippen LogP contribution < -0.4 is 15.2 Å². The zero-order chi connectivity index (χ0) is 16.0. The van der Waals surface area contributed by atoms with Crippen LogP contribution in [0.15, 0.2) is 48.5 Å². The van der Waals surface area contributed by atoms with Crippen LogP contribution in [0.1, 0.15) is 31.9 Å². The molecule has 0 spiro atoms. The lowest BCUT2D eigenvalue weighted by atomic mass is 9.87. The third-order valence-electron chi connectivity index (χ3n) is 3.52. The summed E-state index contributed by atoms with van der Waals surface area (Å²) < 4.78 is 11.4. The standard InChI is InChI=1S/C19H25NO2/c1-19(2,3)16-8-10-17(11-9-16)21-12-13-22-18-7-5-4-6-15(18)14-20/h4-11H,12-14,20H2,1-3H3. The first-order chi connectivity index (χ1) is 10.5. The molecule has 2 aromatic rings. The molecular formula is C19H25NO2. The third kappa shape index (κ3) is 4.50. The molecule has 0 aromatic heterocycles. The van der Waals surface area contributed by atoms with Crippen LogP contribution in [0, 0.1) is 0 Å². The Kier molecular flexibility index (Phi) is 5.45. The summed E-state index contributed by atoms with van der Waals surface area (Å²) >= 11 is 0. The Morgan fingerprint density at radius 3 is 2.14 bits per heavy atom. The normalized spacial score (nSPS) is 11.3. The molecule has 0 aliphatic rings. The molecule has 0 bridgehead atoms. The summed E-state index contributed by atoms with van der Waals surface area (Å²) in [6, 6.07) is 16.0. The van der Waals surface area contributed by atoms with Crippen molar-refractivity contribution in [2.24, 2.45) is 5.73 Å². The Bertz CT molecular complexity index is 585.